The summed E-state index contributed by atoms with van der Waals surface area (Å²) >= 11 is 0. The Morgan fingerprint density at radius 3 is 3.00 bits per heavy atom. The van der Waals surface area contributed by atoms with E-state index >= 15 is 0 Å². The van der Waals surface area contributed by atoms with E-state index in [4.69, 9.17) is 14.3 Å². The molecule has 1 saturated heterocycles. The molecule has 0 spiro atoms. The Labute approximate surface area is 130 Å². The molecule has 1 aliphatic rings. The Morgan fingerprint density at radius 2 is 2.27 bits per heavy atom. The van der Waals surface area contributed by atoms with Gasteiger partial charge in [-0.1, -0.05) is 0 Å². The van der Waals surface area contributed by atoms with Gasteiger partial charge in [-0.2, -0.15) is 5.10 Å². The van der Waals surface area contributed by atoms with Crippen LogP contribution in [0.3, 0.4) is 0 Å². The normalized spacial score (nSPS) is 19.7. The summed E-state index contributed by atoms with van der Waals surface area (Å²) in [5, 5.41) is 13.6. The highest BCUT2D eigenvalue weighted by molar-refractivity contribution is 5.24. The topological polar surface area (TPSA) is 63.7 Å². The fourth-order valence-electron chi connectivity index (χ4n) is 2.99. The molecule has 1 aliphatic heterocycles. The molecule has 2 aromatic rings. The van der Waals surface area contributed by atoms with Crippen LogP contribution in [0.4, 0.5) is 0 Å². The summed E-state index contributed by atoms with van der Waals surface area (Å²) < 4.78 is 13.1. The zero-order chi connectivity index (χ0) is 15.5. The highest BCUT2D eigenvalue weighted by Crippen LogP contribution is 2.24. The van der Waals surface area contributed by atoms with Gasteiger partial charge in [0.15, 0.2) is 0 Å². The van der Waals surface area contributed by atoms with Gasteiger partial charge in [0.05, 0.1) is 31.7 Å². The molecule has 3 rings (SSSR count). The van der Waals surface area contributed by atoms with Gasteiger partial charge < -0.3 is 14.3 Å². The first kappa shape index (κ1) is 15.3. The summed E-state index contributed by atoms with van der Waals surface area (Å²) in [7, 11) is 0. The van der Waals surface area contributed by atoms with E-state index in [1.165, 1.54) is 5.56 Å². The fraction of sp³-hybridized carbons (Fsp3) is 0.562. The van der Waals surface area contributed by atoms with Crippen LogP contribution < -0.4 is 0 Å². The average Bonchev–Trinajstić information content (AvgIpc) is 3.13. The first-order chi connectivity index (χ1) is 10.7. The lowest BCUT2D eigenvalue weighted by atomic mass is 10.1. The van der Waals surface area contributed by atoms with Crippen LogP contribution in [0, 0.1) is 13.8 Å². The van der Waals surface area contributed by atoms with Crippen molar-refractivity contribution in [1.82, 2.24) is 14.7 Å². The van der Waals surface area contributed by atoms with Crippen LogP contribution >= 0.6 is 0 Å². The van der Waals surface area contributed by atoms with Gasteiger partial charge in [-0.05, 0) is 26.0 Å². The monoisotopic (exact) mass is 305 g/mol. The summed E-state index contributed by atoms with van der Waals surface area (Å²) in [5.41, 5.74) is 3.41. The number of aromatic nitrogens is 2. The minimum Gasteiger partial charge on any atom is -0.467 e. The van der Waals surface area contributed by atoms with Crippen LogP contribution in [0.15, 0.2) is 22.8 Å². The molecule has 0 aromatic carbocycles. The van der Waals surface area contributed by atoms with E-state index in [1.54, 1.807) is 6.26 Å². The van der Waals surface area contributed by atoms with Crippen molar-refractivity contribution >= 4 is 0 Å². The third kappa shape index (κ3) is 3.09. The van der Waals surface area contributed by atoms with E-state index < -0.39 is 0 Å². The van der Waals surface area contributed by atoms with Crippen LogP contribution in [0.5, 0.6) is 0 Å². The summed E-state index contributed by atoms with van der Waals surface area (Å²) in [6, 6.07) is 3.86. The van der Waals surface area contributed by atoms with Gasteiger partial charge in [0, 0.05) is 30.9 Å². The van der Waals surface area contributed by atoms with Crippen molar-refractivity contribution in [3.8, 4) is 0 Å². The van der Waals surface area contributed by atoms with Crippen molar-refractivity contribution in [2.45, 2.75) is 33.0 Å². The SMILES string of the molecule is Cc1nn(CCO)c(C)c1CN1CCOC(c2ccco2)C1. The summed E-state index contributed by atoms with van der Waals surface area (Å²) in [4.78, 5) is 2.37. The molecule has 120 valence electrons. The van der Waals surface area contributed by atoms with E-state index in [2.05, 4.69) is 16.9 Å². The predicted molar refractivity (Wildman–Crippen MR) is 81.5 cm³/mol. The van der Waals surface area contributed by atoms with Crippen molar-refractivity contribution < 1.29 is 14.3 Å². The van der Waals surface area contributed by atoms with E-state index in [-0.39, 0.29) is 12.7 Å². The Hall–Kier alpha value is -1.63. The van der Waals surface area contributed by atoms with Crippen molar-refractivity contribution in [3.05, 3.63) is 41.1 Å². The molecule has 1 fully saturated rings. The van der Waals surface area contributed by atoms with Gasteiger partial charge in [-0.3, -0.25) is 9.58 Å². The highest BCUT2D eigenvalue weighted by atomic mass is 16.5. The van der Waals surface area contributed by atoms with E-state index in [0.717, 1.165) is 36.8 Å². The lowest BCUT2D eigenvalue weighted by molar-refractivity contribution is -0.0428. The second-order valence-electron chi connectivity index (χ2n) is 5.71. The van der Waals surface area contributed by atoms with Crippen molar-refractivity contribution in [1.29, 1.82) is 0 Å². The lowest BCUT2D eigenvalue weighted by Gasteiger charge is -2.32. The molecule has 0 radical (unpaired) electrons. The van der Waals surface area contributed by atoms with Crippen molar-refractivity contribution in [2.75, 3.05) is 26.3 Å². The number of morpholine rings is 1. The Kier molecular flexibility index (Phi) is 4.61. The highest BCUT2D eigenvalue weighted by Gasteiger charge is 2.25. The molecule has 2 aromatic heterocycles. The fourth-order valence-corrected chi connectivity index (χ4v) is 2.99. The minimum absolute atomic E-state index is 0.00292. The van der Waals surface area contributed by atoms with E-state index in [0.29, 0.717) is 13.2 Å². The summed E-state index contributed by atoms with van der Waals surface area (Å²) in [6.45, 7) is 8.02. The number of ether oxygens (including phenoxy) is 1. The predicted octanol–water partition coefficient (Wildman–Crippen LogP) is 1.66. The van der Waals surface area contributed by atoms with Crippen LogP contribution in [-0.2, 0) is 17.8 Å². The number of aliphatic hydroxyl groups excluding tert-OH is 1. The van der Waals surface area contributed by atoms with Crippen LogP contribution in [0.2, 0.25) is 0 Å². The van der Waals surface area contributed by atoms with Crippen LogP contribution in [0.25, 0.3) is 0 Å². The summed E-state index contributed by atoms with van der Waals surface area (Å²) in [5.74, 6) is 0.883. The number of aliphatic hydroxyl groups is 1. The Morgan fingerprint density at radius 1 is 1.41 bits per heavy atom. The van der Waals surface area contributed by atoms with Gasteiger partial charge in [0.1, 0.15) is 11.9 Å². The first-order valence-electron chi connectivity index (χ1n) is 7.70. The molecule has 0 aliphatic carbocycles. The van der Waals surface area contributed by atoms with E-state index in [1.807, 2.05) is 23.7 Å². The maximum atomic E-state index is 9.11. The van der Waals surface area contributed by atoms with Gasteiger partial charge in [-0.15, -0.1) is 0 Å². The molecule has 1 atom stereocenters. The maximum Gasteiger partial charge on any atom is 0.133 e. The molecule has 3 heterocycles. The third-order valence-corrected chi connectivity index (χ3v) is 4.24. The van der Waals surface area contributed by atoms with Crippen LogP contribution in [-0.4, -0.2) is 46.1 Å². The minimum atomic E-state index is -0.00292. The standard InChI is InChI=1S/C16H23N3O3/c1-12-14(13(2)19(17-12)5-7-20)10-18-6-9-22-16(11-18)15-4-3-8-21-15/h3-4,8,16,20H,5-7,9-11H2,1-2H3. The third-order valence-electron chi connectivity index (χ3n) is 4.24. The molecular weight excluding hydrogens is 282 g/mol. The largest absolute Gasteiger partial charge is 0.467 e. The zero-order valence-electron chi connectivity index (χ0n) is 13.2. The Balaban J connectivity index is 1.70. The summed E-state index contributed by atoms with van der Waals surface area (Å²) in [6.07, 6.45) is 1.68. The molecule has 0 bridgehead atoms. The molecule has 1 N–H and O–H groups in total. The van der Waals surface area contributed by atoms with Crippen molar-refractivity contribution in [2.24, 2.45) is 0 Å². The quantitative estimate of drug-likeness (QED) is 0.910. The van der Waals surface area contributed by atoms with E-state index in [9.17, 15) is 0 Å². The number of rotatable bonds is 5. The maximum absolute atomic E-state index is 9.11. The smallest absolute Gasteiger partial charge is 0.133 e. The van der Waals surface area contributed by atoms with Crippen molar-refractivity contribution in [3.63, 3.8) is 0 Å². The van der Waals surface area contributed by atoms with Gasteiger partial charge in [0.2, 0.25) is 0 Å². The van der Waals surface area contributed by atoms with Gasteiger partial charge in [-0.25, -0.2) is 0 Å². The molecule has 6 heteroatoms. The molecular formula is C16H23N3O3. The molecule has 6 nitrogen and oxygen atoms in total. The van der Waals surface area contributed by atoms with Gasteiger partial charge in [0.25, 0.3) is 0 Å². The second kappa shape index (κ2) is 6.64. The lowest BCUT2D eigenvalue weighted by Crippen LogP contribution is -2.37. The second-order valence-corrected chi connectivity index (χ2v) is 5.71. The number of hydrogen-bond acceptors (Lipinski definition) is 5. The van der Waals surface area contributed by atoms with Gasteiger partial charge >= 0.3 is 0 Å². The number of hydrogen-bond donors (Lipinski definition) is 1. The number of nitrogens with zero attached hydrogens (tertiary/aromatic N) is 3. The molecule has 1 unspecified atom stereocenters. The molecule has 0 saturated carbocycles. The number of furan rings is 1. The average molecular weight is 305 g/mol. The Bertz CT molecular complexity index is 606. The van der Waals surface area contributed by atoms with Crippen LogP contribution in [0.1, 0.15) is 28.8 Å². The number of aryl methyl sites for hydroxylation is 1. The zero-order valence-corrected chi connectivity index (χ0v) is 13.2. The molecule has 0 amide bonds. The molecule has 22 heavy (non-hydrogen) atoms. The first-order valence-corrected chi connectivity index (χ1v) is 7.70.